The molecule has 1 unspecified atom stereocenters. The molecule has 1 saturated heterocycles. The molecule has 1 aromatic rings. The van der Waals surface area contributed by atoms with Gasteiger partial charge in [0.1, 0.15) is 5.69 Å². The summed E-state index contributed by atoms with van der Waals surface area (Å²) in [6.07, 6.45) is 0.527. The van der Waals surface area contributed by atoms with Crippen molar-refractivity contribution in [2.45, 2.75) is 26.3 Å². The summed E-state index contributed by atoms with van der Waals surface area (Å²) in [5, 5.41) is 4.15. The van der Waals surface area contributed by atoms with E-state index in [1.807, 2.05) is 13.8 Å². The highest BCUT2D eigenvalue weighted by Crippen LogP contribution is 2.20. The summed E-state index contributed by atoms with van der Waals surface area (Å²) in [6.45, 7) is 4.20. The van der Waals surface area contributed by atoms with E-state index in [2.05, 4.69) is 5.10 Å². The quantitative estimate of drug-likeness (QED) is 0.805. The van der Waals surface area contributed by atoms with Crippen LogP contribution >= 0.6 is 0 Å². The molecule has 106 valence electrons. The molecule has 1 aliphatic rings. The molecule has 1 aliphatic heterocycles. The largest absolute Gasteiger partial charge is 0.334 e. The average Bonchev–Trinajstić information content (AvgIpc) is 2.82. The van der Waals surface area contributed by atoms with Gasteiger partial charge in [-0.05, 0) is 26.3 Å². The van der Waals surface area contributed by atoms with E-state index in [1.165, 1.54) is 0 Å². The molecule has 2 heterocycles. The van der Waals surface area contributed by atoms with Crippen LogP contribution in [0.3, 0.4) is 0 Å². The molecule has 2 rings (SSSR count). The van der Waals surface area contributed by atoms with Crippen LogP contribution in [0.15, 0.2) is 6.07 Å². The molecule has 1 aromatic heterocycles. The van der Waals surface area contributed by atoms with E-state index in [4.69, 9.17) is 0 Å². The minimum Gasteiger partial charge on any atom is -0.334 e. The Bertz CT molecular complexity index is 591. The molecule has 0 saturated carbocycles. The second-order valence-electron chi connectivity index (χ2n) is 4.94. The zero-order valence-corrected chi connectivity index (χ0v) is 12.3. The zero-order valence-electron chi connectivity index (χ0n) is 11.5. The van der Waals surface area contributed by atoms with Gasteiger partial charge < -0.3 is 4.90 Å². The molecule has 7 heteroatoms. The Morgan fingerprint density at radius 3 is 2.68 bits per heavy atom. The third-order valence-corrected chi connectivity index (χ3v) is 5.22. The fourth-order valence-electron chi connectivity index (χ4n) is 2.55. The Hall–Kier alpha value is -1.37. The molecule has 19 heavy (non-hydrogen) atoms. The number of sulfone groups is 1. The van der Waals surface area contributed by atoms with Crippen LogP contribution in [0.5, 0.6) is 0 Å². The van der Waals surface area contributed by atoms with E-state index in [-0.39, 0.29) is 23.5 Å². The van der Waals surface area contributed by atoms with Crippen molar-refractivity contribution in [3.05, 3.63) is 17.5 Å². The van der Waals surface area contributed by atoms with Crippen molar-refractivity contribution in [3.8, 4) is 0 Å². The van der Waals surface area contributed by atoms with Gasteiger partial charge in [-0.1, -0.05) is 0 Å². The summed E-state index contributed by atoms with van der Waals surface area (Å²) < 4.78 is 24.6. The number of carbonyl (C=O) groups excluding carboxylic acids is 1. The van der Waals surface area contributed by atoms with Crippen molar-refractivity contribution in [1.82, 2.24) is 14.7 Å². The number of carbonyl (C=O) groups is 1. The number of nitrogens with zero attached hydrogens (tertiary/aromatic N) is 3. The predicted molar refractivity (Wildman–Crippen MR) is 71.7 cm³/mol. The monoisotopic (exact) mass is 285 g/mol. The van der Waals surface area contributed by atoms with E-state index in [0.29, 0.717) is 18.7 Å². The molecule has 0 N–H and O–H groups in total. The van der Waals surface area contributed by atoms with Gasteiger partial charge in [-0.2, -0.15) is 5.10 Å². The lowest BCUT2D eigenvalue weighted by atomic mass is 10.2. The van der Waals surface area contributed by atoms with Gasteiger partial charge in [-0.25, -0.2) is 8.42 Å². The van der Waals surface area contributed by atoms with Gasteiger partial charge in [-0.15, -0.1) is 0 Å². The predicted octanol–water partition coefficient (Wildman–Crippen LogP) is 0.378. The van der Waals surface area contributed by atoms with Crippen LogP contribution < -0.4 is 0 Å². The van der Waals surface area contributed by atoms with Crippen LogP contribution in [0.4, 0.5) is 0 Å². The van der Waals surface area contributed by atoms with E-state index in [9.17, 15) is 13.2 Å². The topological polar surface area (TPSA) is 72.3 Å². The summed E-state index contributed by atoms with van der Waals surface area (Å²) in [5.74, 6) is 0.0997. The normalized spacial score (nSPS) is 21.5. The Labute approximate surface area is 113 Å². The second kappa shape index (κ2) is 4.96. The van der Waals surface area contributed by atoms with Crippen molar-refractivity contribution in [2.24, 2.45) is 7.05 Å². The molecular formula is C12H19N3O3S. The van der Waals surface area contributed by atoms with Gasteiger partial charge in [0.15, 0.2) is 9.84 Å². The highest BCUT2D eigenvalue weighted by molar-refractivity contribution is 7.91. The van der Waals surface area contributed by atoms with Gasteiger partial charge in [0, 0.05) is 19.6 Å². The maximum atomic E-state index is 12.5. The van der Waals surface area contributed by atoms with Crippen molar-refractivity contribution >= 4 is 15.7 Å². The molecule has 1 atom stereocenters. The Balaban J connectivity index is 2.23. The van der Waals surface area contributed by atoms with Crippen molar-refractivity contribution in [2.75, 3.05) is 18.1 Å². The van der Waals surface area contributed by atoms with Gasteiger partial charge in [-0.3, -0.25) is 9.48 Å². The highest BCUT2D eigenvalue weighted by Gasteiger charge is 2.34. The number of amides is 1. The molecule has 0 aliphatic carbocycles. The van der Waals surface area contributed by atoms with Crippen LogP contribution in [0, 0.1) is 6.92 Å². The maximum Gasteiger partial charge on any atom is 0.272 e. The van der Waals surface area contributed by atoms with Crippen molar-refractivity contribution in [1.29, 1.82) is 0 Å². The number of hydrogen-bond acceptors (Lipinski definition) is 4. The maximum absolute atomic E-state index is 12.5. The van der Waals surface area contributed by atoms with Crippen LogP contribution in [0.2, 0.25) is 0 Å². The van der Waals surface area contributed by atoms with E-state index < -0.39 is 9.84 Å². The van der Waals surface area contributed by atoms with Crippen molar-refractivity contribution in [3.63, 3.8) is 0 Å². The third-order valence-electron chi connectivity index (χ3n) is 3.47. The first-order valence-electron chi connectivity index (χ1n) is 6.36. The summed E-state index contributed by atoms with van der Waals surface area (Å²) in [5.41, 5.74) is 1.28. The summed E-state index contributed by atoms with van der Waals surface area (Å²) >= 11 is 0. The van der Waals surface area contributed by atoms with Crippen LogP contribution in [-0.2, 0) is 16.9 Å². The zero-order chi connectivity index (χ0) is 14.2. The Kier molecular flexibility index (Phi) is 3.66. The molecule has 0 bridgehead atoms. The van der Waals surface area contributed by atoms with Crippen LogP contribution in [0.1, 0.15) is 29.5 Å². The smallest absolute Gasteiger partial charge is 0.272 e. The minimum atomic E-state index is -2.99. The van der Waals surface area contributed by atoms with Crippen LogP contribution in [0.25, 0.3) is 0 Å². The second-order valence-corrected chi connectivity index (χ2v) is 7.17. The molecular weight excluding hydrogens is 266 g/mol. The lowest BCUT2D eigenvalue weighted by Gasteiger charge is -2.26. The summed E-state index contributed by atoms with van der Waals surface area (Å²) in [6, 6.07) is 1.52. The number of hydrogen-bond donors (Lipinski definition) is 0. The van der Waals surface area contributed by atoms with Gasteiger partial charge in [0.25, 0.3) is 5.91 Å². The van der Waals surface area contributed by atoms with E-state index >= 15 is 0 Å². The van der Waals surface area contributed by atoms with Gasteiger partial charge >= 0.3 is 0 Å². The first kappa shape index (κ1) is 14.0. The number of rotatable bonds is 3. The lowest BCUT2D eigenvalue weighted by Crippen LogP contribution is -2.41. The molecule has 0 aromatic carbocycles. The molecule has 1 fully saturated rings. The average molecular weight is 285 g/mol. The SMILES string of the molecule is CCN(C(=O)c1cc(C)nn1C)C1CCS(=O)(=O)C1. The fourth-order valence-corrected chi connectivity index (χ4v) is 4.28. The lowest BCUT2D eigenvalue weighted by molar-refractivity contribution is 0.0697. The summed E-state index contributed by atoms with van der Waals surface area (Å²) in [4.78, 5) is 14.1. The van der Waals surface area contributed by atoms with Gasteiger partial charge in [0.05, 0.1) is 17.2 Å². The molecule has 6 nitrogen and oxygen atoms in total. The minimum absolute atomic E-state index is 0.0728. The number of aryl methyl sites for hydroxylation is 2. The van der Waals surface area contributed by atoms with Crippen molar-refractivity contribution < 1.29 is 13.2 Å². The highest BCUT2D eigenvalue weighted by atomic mass is 32.2. The van der Waals surface area contributed by atoms with Gasteiger partial charge in [0.2, 0.25) is 0 Å². The fraction of sp³-hybridized carbons (Fsp3) is 0.667. The summed E-state index contributed by atoms with van der Waals surface area (Å²) in [7, 11) is -1.27. The first-order valence-corrected chi connectivity index (χ1v) is 8.18. The standard InChI is InChI=1S/C12H19N3O3S/c1-4-15(10-5-6-19(17,18)8-10)12(16)11-7-9(2)13-14(11)3/h7,10H,4-6,8H2,1-3H3. The third kappa shape index (κ3) is 2.80. The first-order chi connectivity index (χ1) is 8.84. The van der Waals surface area contributed by atoms with Crippen LogP contribution in [-0.4, -0.2) is 53.1 Å². The molecule has 0 spiro atoms. The Morgan fingerprint density at radius 2 is 2.26 bits per heavy atom. The molecule has 0 radical (unpaired) electrons. The molecule has 1 amide bonds. The Morgan fingerprint density at radius 1 is 1.58 bits per heavy atom. The number of aromatic nitrogens is 2. The van der Waals surface area contributed by atoms with E-state index in [0.717, 1.165) is 5.69 Å². The van der Waals surface area contributed by atoms with E-state index in [1.54, 1.807) is 22.7 Å².